The van der Waals surface area contributed by atoms with Crippen LogP contribution in [0.5, 0.6) is 0 Å². The van der Waals surface area contributed by atoms with Gasteiger partial charge in [0.25, 0.3) is 0 Å². The van der Waals surface area contributed by atoms with Gasteiger partial charge in [-0.25, -0.2) is 4.98 Å². The van der Waals surface area contributed by atoms with Gasteiger partial charge in [0.15, 0.2) is 10.6 Å². The number of nitrogens with one attached hydrogen (secondary N) is 2. The molecule has 0 aliphatic rings. The fourth-order valence-corrected chi connectivity index (χ4v) is 4.62. The highest BCUT2D eigenvalue weighted by atomic mass is 32.1. The van der Waals surface area contributed by atoms with Crippen LogP contribution in [0.1, 0.15) is 5.56 Å². The number of amides is 1. The lowest BCUT2D eigenvalue weighted by molar-refractivity contribution is -0.116. The van der Waals surface area contributed by atoms with Crippen molar-refractivity contribution in [3.05, 3.63) is 83.1 Å². The SMILES string of the molecule is Cc1ccc(-c2n[nH]c(=S)n2CC(=O)Nc2cccc(-c3nc4ccccc4s3)c2)cc1. The zero-order chi connectivity index (χ0) is 22.1. The van der Waals surface area contributed by atoms with E-state index in [-0.39, 0.29) is 12.5 Å². The van der Waals surface area contributed by atoms with Gasteiger partial charge in [-0.05, 0) is 43.4 Å². The van der Waals surface area contributed by atoms with Crippen LogP contribution in [-0.4, -0.2) is 25.7 Å². The van der Waals surface area contributed by atoms with E-state index in [1.165, 1.54) is 0 Å². The lowest BCUT2D eigenvalue weighted by Crippen LogP contribution is -2.19. The molecule has 8 heteroatoms. The summed E-state index contributed by atoms with van der Waals surface area (Å²) in [5, 5.41) is 11.0. The first-order valence-electron chi connectivity index (χ1n) is 10.0. The largest absolute Gasteiger partial charge is 0.325 e. The Morgan fingerprint density at radius 3 is 2.69 bits per heavy atom. The van der Waals surface area contributed by atoms with Crippen LogP contribution in [0.4, 0.5) is 5.69 Å². The Morgan fingerprint density at radius 1 is 1.06 bits per heavy atom. The first-order valence-corrected chi connectivity index (χ1v) is 11.3. The smallest absolute Gasteiger partial charge is 0.244 e. The molecule has 5 rings (SSSR count). The van der Waals surface area contributed by atoms with Crippen molar-refractivity contribution >= 4 is 45.4 Å². The van der Waals surface area contributed by atoms with Gasteiger partial charge < -0.3 is 5.32 Å². The monoisotopic (exact) mass is 457 g/mol. The molecule has 0 aliphatic heterocycles. The lowest BCUT2D eigenvalue weighted by Gasteiger charge is -2.09. The van der Waals surface area contributed by atoms with Crippen molar-refractivity contribution in [3.8, 4) is 22.0 Å². The number of benzene rings is 3. The number of H-pyrrole nitrogens is 1. The fraction of sp³-hybridized carbons (Fsp3) is 0.0833. The van der Waals surface area contributed by atoms with Crippen molar-refractivity contribution < 1.29 is 4.79 Å². The second-order valence-electron chi connectivity index (χ2n) is 7.42. The Hall–Kier alpha value is -3.62. The number of anilines is 1. The molecule has 32 heavy (non-hydrogen) atoms. The van der Waals surface area contributed by atoms with Gasteiger partial charge in [-0.2, -0.15) is 5.10 Å². The van der Waals surface area contributed by atoms with E-state index in [4.69, 9.17) is 17.2 Å². The van der Waals surface area contributed by atoms with Crippen molar-refractivity contribution in [3.63, 3.8) is 0 Å². The summed E-state index contributed by atoms with van der Waals surface area (Å²) in [6.07, 6.45) is 0. The maximum Gasteiger partial charge on any atom is 0.244 e. The summed E-state index contributed by atoms with van der Waals surface area (Å²) in [7, 11) is 0. The van der Waals surface area contributed by atoms with Crippen molar-refractivity contribution in [2.45, 2.75) is 13.5 Å². The predicted molar refractivity (Wildman–Crippen MR) is 131 cm³/mol. The molecule has 158 valence electrons. The van der Waals surface area contributed by atoms with Crippen molar-refractivity contribution in [1.82, 2.24) is 19.7 Å². The molecule has 0 atom stereocenters. The maximum absolute atomic E-state index is 12.8. The summed E-state index contributed by atoms with van der Waals surface area (Å²) in [4.78, 5) is 17.5. The van der Waals surface area contributed by atoms with E-state index in [0.717, 1.165) is 31.9 Å². The Balaban J connectivity index is 1.36. The van der Waals surface area contributed by atoms with Crippen LogP contribution in [0.3, 0.4) is 0 Å². The molecule has 1 amide bonds. The van der Waals surface area contributed by atoms with E-state index in [1.54, 1.807) is 15.9 Å². The number of carbonyl (C=O) groups excluding carboxylic acids is 1. The Kier molecular flexibility index (Phi) is 5.38. The minimum atomic E-state index is -0.183. The standard InChI is InChI=1S/C24H19N5OS2/c1-15-9-11-16(12-10-15)22-27-28-24(31)29(22)14-21(30)25-18-6-4-5-17(13-18)23-26-19-7-2-3-8-20(19)32-23/h2-13H,14H2,1H3,(H,25,30)(H,28,31). The van der Waals surface area contributed by atoms with Crippen molar-refractivity contribution in [2.75, 3.05) is 5.32 Å². The molecule has 0 fully saturated rings. The Labute approximate surface area is 193 Å². The lowest BCUT2D eigenvalue weighted by atomic mass is 10.1. The van der Waals surface area contributed by atoms with E-state index in [0.29, 0.717) is 16.3 Å². The maximum atomic E-state index is 12.8. The molecule has 0 spiro atoms. The van der Waals surface area contributed by atoms with Crippen molar-refractivity contribution in [2.24, 2.45) is 0 Å². The zero-order valence-electron chi connectivity index (χ0n) is 17.2. The number of para-hydroxylation sites is 1. The molecular weight excluding hydrogens is 438 g/mol. The molecule has 2 heterocycles. The minimum Gasteiger partial charge on any atom is -0.325 e. The highest BCUT2D eigenvalue weighted by molar-refractivity contribution is 7.71. The third kappa shape index (κ3) is 4.10. The first kappa shape index (κ1) is 20.3. The average Bonchev–Trinajstić information content (AvgIpc) is 3.39. The van der Waals surface area contributed by atoms with Crippen LogP contribution in [0, 0.1) is 11.7 Å². The van der Waals surface area contributed by atoms with Crippen molar-refractivity contribution in [1.29, 1.82) is 0 Å². The van der Waals surface area contributed by atoms with E-state index in [2.05, 4.69) is 21.6 Å². The van der Waals surface area contributed by atoms with Gasteiger partial charge in [0.05, 0.1) is 10.2 Å². The van der Waals surface area contributed by atoms with Crippen LogP contribution >= 0.6 is 23.6 Å². The van der Waals surface area contributed by atoms with Gasteiger partial charge in [-0.15, -0.1) is 11.3 Å². The van der Waals surface area contributed by atoms with E-state index in [1.807, 2.05) is 73.7 Å². The van der Waals surface area contributed by atoms with Gasteiger partial charge in [0.2, 0.25) is 5.91 Å². The molecule has 0 bridgehead atoms. The Bertz CT molecular complexity index is 1450. The van der Waals surface area contributed by atoms with Crippen LogP contribution in [0.15, 0.2) is 72.8 Å². The number of rotatable bonds is 5. The molecule has 5 aromatic rings. The molecule has 0 aliphatic carbocycles. The molecule has 0 radical (unpaired) electrons. The zero-order valence-corrected chi connectivity index (χ0v) is 18.8. The molecule has 6 nitrogen and oxygen atoms in total. The van der Waals surface area contributed by atoms with Crippen LogP contribution < -0.4 is 5.32 Å². The number of fused-ring (bicyclic) bond motifs is 1. The molecule has 3 aromatic carbocycles. The normalized spacial score (nSPS) is 11.0. The highest BCUT2D eigenvalue weighted by Crippen LogP contribution is 2.31. The number of aromatic nitrogens is 4. The summed E-state index contributed by atoms with van der Waals surface area (Å²) in [6, 6.07) is 23.7. The van der Waals surface area contributed by atoms with Gasteiger partial charge in [-0.1, -0.05) is 54.1 Å². The number of thiazole rings is 1. The summed E-state index contributed by atoms with van der Waals surface area (Å²) in [6.45, 7) is 2.08. The third-order valence-electron chi connectivity index (χ3n) is 5.06. The predicted octanol–water partition coefficient (Wildman–Crippen LogP) is 5.83. The number of nitrogens with zero attached hydrogens (tertiary/aromatic N) is 3. The second-order valence-corrected chi connectivity index (χ2v) is 8.84. The van der Waals surface area contributed by atoms with Gasteiger partial charge in [0.1, 0.15) is 11.6 Å². The third-order valence-corrected chi connectivity index (χ3v) is 6.45. The number of hydrogen-bond donors (Lipinski definition) is 2. The Morgan fingerprint density at radius 2 is 1.88 bits per heavy atom. The van der Waals surface area contributed by atoms with Crippen LogP contribution in [0.2, 0.25) is 0 Å². The highest BCUT2D eigenvalue weighted by Gasteiger charge is 2.13. The van der Waals surface area contributed by atoms with Gasteiger partial charge in [-0.3, -0.25) is 14.5 Å². The quantitative estimate of drug-likeness (QED) is 0.326. The first-order chi connectivity index (χ1) is 15.6. The van der Waals surface area contributed by atoms with Gasteiger partial charge >= 0.3 is 0 Å². The van der Waals surface area contributed by atoms with E-state index >= 15 is 0 Å². The minimum absolute atomic E-state index is 0.0594. The fourth-order valence-electron chi connectivity index (χ4n) is 3.46. The van der Waals surface area contributed by atoms with Crippen LogP contribution in [-0.2, 0) is 11.3 Å². The van der Waals surface area contributed by atoms with E-state index in [9.17, 15) is 4.79 Å². The number of aryl methyl sites for hydroxylation is 1. The molecule has 2 N–H and O–H groups in total. The van der Waals surface area contributed by atoms with Crippen LogP contribution in [0.25, 0.3) is 32.2 Å². The summed E-state index contributed by atoms with van der Waals surface area (Å²) in [5.41, 5.74) is 4.69. The topological polar surface area (TPSA) is 75.6 Å². The summed E-state index contributed by atoms with van der Waals surface area (Å²) < 4.78 is 3.24. The molecular formula is C24H19N5OS2. The molecule has 0 unspecified atom stereocenters. The van der Waals surface area contributed by atoms with E-state index < -0.39 is 0 Å². The number of hydrogen-bond acceptors (Lipinski definition) is 5. The summed E-state index contributed by atoms with van der Waals surface area (Å²) in [5.74, 6) is 0.450. The van der Waals surface area contributed by atoms with Gasteiger partial charge in [0, 0.05) is 16.8 Å². The second kappa shape index (κ2) is 8.49. The number of carbonyl (C=O) groups is 1. The number of aromatic amines is 1. The molecule has 0 saturated heterocycles. The summed E-state index contributed by atoms with van der Waals surface area (Å²) >= 11 is 6.99. The average molecular weight is 458 g/mol. The molecule has 2 aromatic heterocycles. The molecule has 0 saturated carbocycles.